The molecule has 1 heterocycles. The zero-order chi connectivity index (χ0) is 11.7. The Morgan fingerprint density at radius 1 is 1.50 bits per heavy atom. The first kappa shape index (κ1) is 10.4. The molecule has 0 atom stereocenters. The van der Waals surface area contributed by atoms with Crippen LogP contribution in [0, 0.1) is 17.0 Å². The highest BCUT2D eigenvalue weighted by Crippen LogP contribution is 2.26. The molecule has 1 aromatic carbocycles. The standard InChI is InChI=1S/C10H11N3O3/c1-7-2-3-8(13(15)16)6-9(7)12-5-4-11-10(12)14/h2-3,6H,4-5H2,1H3,(H,11,14). The van der Waals surface area contributed by atoms with Crippen molar-refractivity contribution in [3.05, 3.63) is 33.9 Å². The quantitative estimate of drug-likeness (QED) is 0.606. The maximum atomic E-state index is 11.5. The Kier molecular flexibility index (Phi) is 2.47. The molecule has 0 aromatic heterocycles. The Labute approximate surface area is 92.0 Å². The van der Waals surface area contributed by atoms with Crippen LogP contribution >= 0.6 is 0 Å². The van der Waals surface area contributed by atoms with E-state index in [0.717, 1.165) is 5.56 Å². The van der Waals surface area contributed by atoms with Gasteiger partial charge in [0.1, 0.15) is 0 Å². The Balaban J connectivity index is 2.42. The predicted molar refractivity (Wildman–Crippen MR) is 58.6 cm³/mol. The first-order chi connectivity index (χ1) is 7.59. The Morgan fingerprint density at radius 2 is 2.25 bits per heavy atom. The highest BCUT2D eigenvalue weighted by molar-refractivity contribution is 5.95. The van der Waals surface area contributed by atoms with Crippen molar-refractivity contribution < 1.29 is 9.72 Å². The van der Waals surface area contributed by atoms with E-state index in [1.165, 1.54) is 17.0 Å². The summed E-state index contributed by atoms with van der Waals surface area (Å²) in [6.07, 6.45) is 0. The van der Waals surface area contributed by atoms with Crippen LogP contribution in [0.2, 0.25) is 0 Å². The van der Waals surface area contributed by atoms with Crippen LogP contribution < -0.4 is 10.2 Å². The average Bonchev–Trinajstić information content (AvgIpc) is 2.65. The van der Waals surface area contributed by atoms with Gasteiger partial charge >= 0.3 is 6.03 Å². The molecule has 0 aliphatic carbocycles. The summed E-state index contributed by atoms with van der Waals surface area (Å²) in [5, 5.41) is 13.3. The maximum Gasteiger partial charge on any atom is 0.322 e. The van der Waals surface area contributed by atoms with Gasteiger partial charge in [0, 0.05) is 25.2 Å². The molecule has 1 aliphatic heterocycles. The van der Waals surface area contributed by atoms with Gasteiger partial charge in [-0.1, -0.05) is 6.07 Å². The van der Waals surface area contributed by atoms with Crippen molar-refractivity contribution in [2.75, 3.05) is 18.0 Å². The van der Waals surface area contributed by atoms with Gasteiger partial charge in [-0.05, 0) is 12.5 Å². The number of nitrogens with zero attached hydrogens (tertiary/aromatic N) is 2. The van der Waals surface area contributed by atoms with Crippen molar-refractivity contribution in [3.8, 4) is 0 Å². The third-order valence-electron chi connectivity index (χ3n) is 2.55. The van der Waals surface area contributed by atoms with Crippen molar-refractivity contribution >= 4 is 17.4 Å². The Bertz CT molecular complexity index is 459. The summed E-state index contributed by atoms with van der Waals surface area (Å²) in [7, 11) is 0. The molecule has 2 rings (SSSR count). The van der Waals surface area contributed by atoms with Gasteiger partial charge in [0.25, 0.3) is 5.69 Å². The van der Waals surface area contributed by atoms with Crippen molar-refractivity contribution in [1.82, 2.24) is 5.32 Å². The van der Waals surface area contributed by atoms with Gasteiger partial charge in [0.05, 0.1) is 10.6 Å². The van der Waals surface area contributed by atoms with Crippen molar-refractivity contribution in [3.63, 3.8) is 0 Å². The molecule has 2 amide bonds. The average molecular weight is 221 g/mol. The maximum absolute atomic E-state index is 11.5. The Hall–Kier alpha value is -2.11. The van der Waals surface area contributed by atoms with Crippen LogP contribution in [-0.4, -0.2) is 24.0 Å². The van der Waals surface area contributed by atoms with Crippen LogP contribution in [0.25, 0.3) is 0 Å². The number of nitro benzene ring substituents is 1. The fourth-order valence-corrected chi connectivity index (χ4v) is 1.70. The summed E-state index contributed by atoms with van der Waals surface area (Å²) in [5.74, 6) is 0. The van der Waals surface area contributed by atoms with E-state index in [9.17, 15) is 14.9 Å². The first-order valence-corrected chi connectivity index (χ1v) is 4.90. The van der Waals surface area contributed by atoms with Crippen LogP contribution in [0.3, 0.4) is 0 Å². The molecule has 0 bridgehead atoms. The summed E-state index contributed by atoms with van der Waals surface area (Å²) in [6.45, 7) is 2.94. The Morgan fingerprint density at radius 3 is 2.81 bits per heavy atom. The van der Waals surface area contributed by atoms with Crippen molar-refractivity contribution in [1.29, 1.82) is 0 Å². The third kappa shape index (κ3) is 1.69. The van der Waals surface area contributed by atoms with E-state index in [2.05, 4.69) is 5.32 Å². The molecule has 1 saturated heterocycles. The second-order valence-electron chi connectivity index (χ2n) is 3.61. The van der Waals surface area contributed by atoms with Crippen LogP contribution in [0.1, 0.15) is 5.56 Å². The van der Waals surface area contributed by atoms with Crippen molar-refractivity contribution in [2.45, 2.75) is 6.92 Å². The SMILES string of the molecule is Cc1ccc([N+](=O)[O-])cc1N1CCNC1=O. The van der Waals surface area contributed by atoms with Gasteiger partial charge in [0.2, 0.25) is 0 Å². The number of nitro groups is 1. The van der Waals surface area contributed by atoms with Gasteiger partial charge in [-0.3, -0.25) is 15.0 Å². The fraction of sp³-hybridized carbons (Fsp3) is 0.300. The van der Waals surface area contributed by atoms with Gasteiger partial charge in [-0.25, -0.2) is 4.79 Å². The third-order valence-corrected chi connectivity index (χ3v) is 2.55. The highest BCUT2D eigenvalue weighted by Gasteiger charge is 2.24. The second-order valence-corrected chi connectivity index (χ2v) is 3.61. The zero-order valence-electron chi connectivity index (χ0n) is 8.77. The largest absolute Gasteiger partial charge is 0.336 e. The van der Waals surface area contributed by atoms with Gasteiger partial charge < -0.3 is 5.32 Å². The van der Waals surface area contributed by atoms with E-state index in [1.54, 1.807) is 6.07 Å². The number of hydrogen-bond acceptors (Lipinski definition) is 3. The molecule has 0 radical (unpaired) electrons. The molecular formula is C10H11N3O3. The first-order valence-electron chi connectivity index (χ1n) is 4.90. The van der Waals surface area contributed by atoms with Crippen LogP contribution in [-0.2, 0) is 0 Å². The smallest absolute Gasteiger partial charge is 0.322 e. The van der Waals surface area contributed by atoms with Gasteiger partial charge in [-0.15, -0.1) is 0 Å². The minimum atomic E-state index is -0.461. The molecule has 1 aromatic rings. The van der Waals surface area contributed by atoms with Crippen molar-refractivity contribution in [2.24, 2.45) is 0 Å². The van der Waals surface area contributed by atoms with E-state index in [4.69, 9.17) is 0 Å². The normalized spacial score (nSPS) is 15.1. The number of urea groups is 1. The minimum Gasteiger partial charge on any atom is -0.336 e. The van der Waals surface area contributed by atoms with E-state index < -0.39 is 4.92 Å². The van der Waals surface area contributed by atoms with E-state index in [-0.39, 0.29) is 11.7 Å². The number of rotatable bonds is 2. The minimum absolute atomic E-state index is 0.000278. The molecule has 1 fully saturated rings. The molecule has 1 N–H and O–H groups in total. The number of anilines is 1. The molecule has 84 valence electrons. The number of carbonyl (C=O) groups is 1. The topological polar surface area (TPSA) is 75.5 Å². The summed E-state index contributed by atoms with van der Waals surface area (Å²) in [4.78, 5) is 23.2. The molecule has 16 heavy (non-hydrogen) atoms. The second kappa shape index (κ2) is 3.80. The summed E-state index contributed by atoms with van der Waals surface area (Å²) in [5.41, 5.74) is 1.45. The molecular weight excluding hydrogens is 210 g/mol. The van der Waals surface area contributed by atoms with Crippen LogP contribution in [0.15, 0.2) is 18.2 Å². The number of carbonyl (C=O) groups excluding carboxylic acids is 1. The fourth-order valence-electron chi connectivity index (χ4n) is 1.70. The molecule has 1 aliphatic rings. The molecule has 6 heteroatoms. The molecule has 0 saturated carbocycles. The van der Waals surface area contributed by atoms with Crippen LogP contribution in [0.5, 0.6) is 0 Å². The highest BCUT2D eigenvalue weighted by atomic mass is 16.6. The number of amides is 2. The number of benzene rings is 1. The van der Waals surface area contributed by atoms with Gasteiger partial charge in [-0.2, -0.15) is 0 Å². The molecule has 6 nitrogen and oxygen atoms in total. The number of non-ortho nitro benzene ring substituents is 1. The number of aryl methyl sites for hydroxylation is 1. The zero-order valence-corrected chi connectivity index (χ0v) is 8.77. The summed E-state index contributed by atoms with van der Waals surface area (Å²) >= 11 is 0. The lowest BCUT2D eigenvalue weighted by atomic mass is 10.1. The van der Waals surface area contributed by atoms with Gasteiger partial charge in [0.15, 0.2) is 0 Å². The monoisotopic (exact) mass is 221 g/mol. The summed E-state index contributed by atoms with van der Waals surface area (Å²) < 4.78 is 0. The van der Waals surface area contributed by atoms with E-state index in [1.807, 2.05) is 6.92 Å². The molecule has 0 spiro atoms. The predicted octanol–water partition coefficient (Wildman–Crippen LogP) is 1.43. The number of nitrogens with one attached hydrogen (secondary N) is 1. The lowest BCUT2D eigenvalue weighted by molar-refractivity contribution is -0.384. The molecule has 0 unspecified atom stereocenters. The van der Waals surface area contributed by atoms with E-state index in [0.29, 0.717) is 18.8 Å². The summed E-state index contributed by atoms with van der Waals surface area (Å²) in [6, 6.07) is 4.31. The number of hydrogen-bond donors (Lipinski definition) is 1. The van der Waals surface area contributed by atoms with E-state index >= 15 is 0 Å². The van der Waals surface area contributed by atoms with Crippen LogP contribution in [0.4, 0.5) is 16.2 Å². The lowest BCUT2D eigenvalue weighted by Gasteiger charge is -2.16. The lowest BCUT2D eigenvalue weighted by Crippen LogP contribution is -2.28.